The van der Waals surface area contributed by atoms with Crippen LogP contribution in [0.3, 0.4) is 0 Å². The van der Waals surface area contributed by atoms with Crippen LogP contribution in [0.1, 0.15) is 11.4 Å². The van der Waals surface area contributed by atoms with E-state index < -0.39 is 10.0 Å². The predicted molar refractivity (Wildman–Crippen MR) is 74.4 cm³/mol. The van der Waals surface area contributed by atoms with E-state index in [1.807, 2.05) is 0 Å². The van der Waals surface area contributed by atoms with Crippen molar-refractivity contribution >= 4 is 21.8 Å². The Labute approximate surface area is 116 Å². The van der Waals surface area contributed by atoms with Crippen LogP contribution in [0.25, 0.3) is 0 Å². The maximum Gasteiger partial charge on any atom is 0.264 e. The van der Waals surface area contributed by atoms with Crippen molar-refractivity contribution in [1.29, 1.82) is 0 Å². The average Bonchev–Trinajstić information content (AvgIpc) is 2.37. The number of nitrogens with two attached hydrogens (primary N) is 1. The number of nitrogens with zero attached hydrogens (tertiary/aromatic N) is 3. The number of nitrogen functional groups attached to an aromatic ring is 1. The van der Waals surface area contributed by atoms with E-state index in [4.69, 9.17) is 5.84 Å². The van der Waals surface area contributed by atoms with E-state index in [0.29, 0.717) is 11.4 Å². The van der Waals surface area contributed by atoms with Gasteiger partial charge in [0.2, 0.25) is 5.95 Å². The van der Waals surface area contributed by atoms with Crippen molar-refractivity contribution < 1.29 is 8.42 Å². The van der Waals surface area contributed by atoms with Gasteiger partial charge in [0.15, 0.2) is 0 Å². The standard InChI is InChI=1S/C11H14N6O2S/c1-7-5-8(2)15-11(14-7)17-20(18,19)9-3-4-13-10(6-9)16-12/h3-6H,12H2,1-2H3,(H,13,16)(H,14,15,17). The molecule has 0 spiro atoms. The molecule has 9 heteroatoms. The molecule has 0 aromatic carbocycles. The molecule has 2 aromatic rings. The molecule has 0 radical (unpaired) electrons. The van der Waals surface area contributed by atoms with Crippen LogP contribution in [0.4, 0.5) is 11.8 Å². The van der Waals surface area contributed by atoms with Crippen LogP contribution in [0.15, 0.2) is 29.3 Å². The number of hydrazine groups is 1. The lowest BCUT2D eigenvalue weighted by molar-refractivity contribution is 0.600. The van der Waals surface area contributed by atoms with Crippen molar-refractivity contribution in [3.05, 3.63) is 35.8 Å². The minimum absolute atomic E-state index is 0.0169. The average molecular weight is 294 g/mol. The van der Waals surface area contributed by atoms with Crippen LogP contribution in [0.5, 0.6) is 0 Å². The van der Waals surface area contributed by atoms with Gasteiger partial charge in [0.05, 0.1) is 4.90 Å². The van der Waals surface area contributed by atoms with Gasteiger partial charge in [-0.05, 0) is 26.0 Å². The number of anilines is 2. The fourth-order valence-electron chi connectivity index (χ4n) is 1.61. The first kappa shape index (κ1) is 14.2. The van der Waals surface area contributed by atoms with Crippen molar-refractivity contribution in [3.63, 3.8) is 0 Å². The first-order valence-electron chi connectivity index (χ1n) is 5.68. The van der Waals surface area contributed by atoms with Crippen LogP contribution < -0.4 is 16.0 Å². The van der Waals surface area contributed by atoms with Crippen LogP contribution in [0, 0.1) is 13.8 Å². The molecule has 0 amide bonds. The molecule has 0 aliphatic carbocycles. The summed E-state index contributed by atoms with van der Waals surface area (Å²) in [7, 11) is -3.79. The largest absolute Gasteiger partial charge is 0.308 e. The molecule has 0 unspecified atom stereocenters. The topological polar surface area (TPSA) is 123 Å². The smallest absolute Gasteiger partial charge is 0.264 e. The maximum absolute atomic E-state index is 12.2. The Morgan fingerprint density at radius 3 is 2.40 bits per heavy atom. The fraction of sp³-hybridized carbons (Fsp3) is 0.182. The van der Waals surface area contributed by atoms with E-state index in [-0.39, 0.29) is 16.7 Å². The van der Waals surface area contributed by atoms with E-state index >= 15 is 0 Å². The molecular weight excluding hydrogens is 280 g/mol. The minimum atomic E-state index is -3.79. The first-order chi connectivity index (χ1) is 9.40. The summed E-state index contributed by atoms with van der Waals surface area (Å²) in [4.78, 5) is 11.9. The highest BCUT2D eigenvalue weighted by atomic mass is 32.2. The van der Waals surface area contributed by atoms with E-state index in [1.54, 1.807) is 19.9 Å². The number of rotatable bonds is 4. The van der Waals surface area contributed by atoms with Crippen molar-refractivity contribution in [1.82, 2.24) is 15.0 Å². The van der Waals surface area contributed by atoms with Crippen LogP contribution in [-0.2, 0) is 10.0 Å². The molecule has 2 heterocycles. The van der Waals surface area contributed by atoms with Crippen LogP contribution >= 0.6 is 0 Å². The molecule has 0 bridgehead atoms. The summed E-state index contributed by atoms with van der Waals surface area (Å²) in [6, 6.07) is 4.41. The molecule has 2 rings (SSSR count). The number of aryl methyl sites for hydroxylation is 2. The number of hydrogen-bond donors (Lipinski definition) is 3. The third-order valence-electron chi connectivity index (χ3n) is 2.40. The number of pyridine rings is 1. The highest BCUT2D eigenvalue weighted by molar-refractivity contribution is 7.92. The van der Waals surface area contributed by atoms with Crippen LogP contribution in [0.2, 0.25) is 0 Å². The van der Waals surface area contributed by atoms with E-state index in [2.05, 4.69) is 25.1 Å². The van der Waals surface area contributed by atoms with E-state index in [9.17, 15) is 8.42 Å². The predicted octanol–water partition coefficient (Wildman–Crippen LogP) is 0.575. The van der Waals surface area contributed by atoms with Crippen LogP contribution in [-0.4, -0.2) is 23.4 Å². The van der Waals surface area contributed by atoms with Gasteiger partial charge in [0, 0.05) is 23.7 Å². The van der Waals surface area contributed by atoms with Gasteiger partial charge in [-0.3, -0.25) is 0 Å². The Kier molecular flexibility index (Phi) is 3.81. The Balaban J connectivity index is 2.35. The van der Waals surface area contributed by atoms with Gasteiger partial charge < -0.3 is 5.43 Å². The molecule has 2 aromatic heterocycles. The molecule has 0 saturated carbocycles. The number of hydrogen-bond acceptors (Lipinski definition) is 7. The molecule has 20 heavy (non-hydrogen) atoms. The summed E-state index contributed by atoms with van der Waals surface area (Å²) in [5, 5.41) is 0. The zero-order chi connectivity index (χ0) is 14.8. The zero-order valence-corrected chi connectivity index (χ0v) is 11.8. The van der Waals surface area contributed by atoms with Crippen molar-refractivity contribution in [2.24, 2.45) is 5.84 Å². The third kappa shape index (κ3) is 3.19. The summed E-state index contributed by atoms with van der Waals surface area (Å²) in [5.74, 6) is 5.48. The number of nitrogens with one attached hydrogen (secondary N) is 2. The lowest BCUT2D eigenvalue weighted by Gasteiger charge is -2.08. The second-order valence-electron chi connectivity index (χ2n) is 4.10. The molecular formula is C11H14N6O2S. The SMILES string of the molecule is Cc1cc(C)nc(NS(=O)(=O)c2ccnc(NN)c2)n1. The van der Waals surface area contributed by atoms with E-state index in [1.165, 1.54) is 18.3 Å². The second kappa shape index (κ2) is 5.39. The molecule has 106 valence electrons. The maximum atomic E-state index is 12.2. The van der Waals surface area contributed by atoms with Gasteiger partial charge in [0.25, 0.3) is 10.0 Å². The van der Waals surface area contributed by atoms with Gasteiger partial charge in [-0.25, -0.2) is 33.9 Å². The lowest BCUT2D eigenvalue weighted by atomic mass is 10.4. The summed E-state index contributed by atoms with van der Waals surface area (Å²) in [6.07, 6.45) is 1.34. The van der Waals surface area contributed by atoms with Crippen molar-refractivity contribution in [3.8, 4) is 0 Å². The Hall–Kier alpha value is -2.26. The molecule has 0 fully saturated rings. The normalized spacial score (nSPS) is 11.2. The van der Waals surface area contributed by atoms with Gasteiger partial charge in [0.1, 0.15) is 5.82 Å². The first-order valence-corrected chi connectivity index (χ1v) is 7.17. The highest BCUT2D eigenvalue weighted by Gasteiger charge is 2.16. The van der Waals surface area contributed by atoms with Gasteiger partial charge in [-0.1, -0.05) is 0 Å². The molecule has 4 N–H and O–H groups in total. The molecule has 8 nitrogen and oxygen atoms in total. The molecule has 0 saturated heterocycles. The Morgan fingerprint density at radius 1 is 1.15 bits per heavy atom. The fourth-order valence-corrected chi connectivity index (χ4v) is 2.56. The summed E-state index contributed by atoms with van der Waals surface area (Å²) >= 11 is 0. The third-order valence-corrected chi connectivity index (χ3v) is 3.72. The number of aromatic nitrogens is 3. The van der Waals surface area contributed by atoms with Gasteiger partial charge >= 0.3 is 0 Å². The second-order valence-corrected chi connectivity index (χ2v) is 5.78. The van der Waals surface area contributed by atoms with Crippen molar-refractivity contribution in [2.75, 3.05) is 10.1 Å². The molecule has 0 aliphatic rings. The molecule has 0 atom stereocenters. The van der Waals surface area contributed by atoms with Crippen molar-refractivity contribution in [2.45, 2.75) is 18.7 Å². The highest BCUT2D eigenvalue weighted by Crippen LogP contribution is 2.15. The van der Waals surface area contributed by atoms with E-state index in [0.717, 1.165) is 0 Å². The Bertz CT molecular complexity index is 711. The Morgan fingerprint density at radius 2 is 1.80 bits per heavy atom. The monoisotopic (exact) mass is 294 g/mol. The lowest BCUT2D eigenvalue weighted by Crippen LogP contribution is -2.17. The minimum Gasteiger partial charge on any atom is -0.308 e. The summed E-state index contributed by atoms with van der Waals surface area (Å²) in [5.41, 5.74) is 3.64. The van der Waals surface area contributed by atoms with Gasteiger partial charge in [-0.15, -0.1) is 0 Å². The summed E-state index contributed by atoms with van der Waals surface area (Å²) in [6.45, 7) is 3.52. The summed E-state index contributed by atoms with van der Waals surface area (Å²) < 4.78 is 26.7. The molecule has 0 aliphatic heterocycles. The zero-order valence-electron chi connectivity index (χ0n) is 11.0. The van der Waals surface area contributed by atoms with Gasteiger partial charge in [-0.2, -0.15) is 0 Å². The number of sulfonamides is 1. The quantitative estimate of drug-likeness (QED) is 0.556.